The molecule has 0 aromatic rings. The number of phosphoric acid groups is 2. The number of hydrogen-bond donors (Lipinski definition) is 3. The highest BCUT2D eigenvalue weighted by Crippen LogP contribution is 2.45. The minimum atomic E-state index is -5.01. The van der Waals surface area contributed by atoms with E-state index >= 15 is 0 Å². The van der Waals surface area contributed by atoms with Gasteiger partial charge in [0.25, 0.3) is 0 Å². The second-order valence-corrected chi connectivity index (χ2v) is 29.5. The fourth-order valence-electron chi connectivity index (χ4n) is 10.2. The van der Waals surface area contributed by atoms with Crippen molar-refractivity contribution in [2.24, 2.45) is 0 Å². The van der Waals surface area contributed by atoms with E-state index in [1.807, 2.05) is 12.2 Å². The summed E-state index contributed by atoms with van der Waals surface area (Å²) < 4.78 is 68.6. The third kappa shape index (κ3) is 78.3. The Kier molecular flexibility index (Phi) is 75.0. The summed E-state index contributed by atoms with van der Waals surface area (Å²) in [4.78, 5) is 73.1. The predicted octanol–water partition coefficient (Wildman–Crippen LogP) is 24.3. The summed E-state index contributed by atoms with van der Waals surface area (Å²) in [6.07, 6.45) is 95.8. The van der Waals surface area contributed by atoms with E-state index in [2.05, 4.69) is 198 Å². The van der Waals surface area contributed by atoms with Gasteiger partial charge in [-0.25, -0.2) is 9.13 Å². The Morgan fingerprint density at radius 3 is 0.778 bits per heavy atom. The third-order valence-corrected chi connectivity index (χ3v) is 18.2. The third-order valence-electron chi connectivity index (χ3n) is 16.3. The first-order chi connectivity index (χ1) is 52.7. The van der Waals surface area contributed by atoms with Crippen molar-refractivity contribution in [2.45, 2.75) is 316 Å². The summed E-state index contributed by atoms with van der Waals surface area (Å²) in [5.74, 6) is -2.32. The molecule has 0 aromatic carbocycles. The molecule has 0 amide bonds. The van der Waals surface area contributed by atoms with Gasteiger partial charge in [0.15, 0.2) is 12.2 Å². The van der Waals surface area contributed by atoms with Gasteiger partial charge in [0.05, 0.1) is 26.4 Å². The van der Waals surface area contributed by atoms with Gasteiger partial charge in [0.2, 0.25) is 0 Å². The number of esters is 4. The normalized spacial score (nSPS) is 14.8. The Morgan fingerprint density at radius 1 is 0.269 bits per heavy atom. The highest BCUT2D eigenvalue weighted by Gasteiger charge is 2.30. The van der Waals surface area contributed by atoms with Crippen LogP contribution in [0, 0.1) is 0 Å². The van der Waals surface area contributed by atoms with Crippen LogP contribution in [0.2, 0.25) is 0 Å². The minimum Gasteiger partial charge on any atom is -0.462 e. The van der Waals surface area contributed by atoms with E-state index in [-0.39, 0.29) is 25.7 Å². The first-order valence-corrected chi connectivity index (χ1v) is 44.0. The molecule has 5 atom stereocenters. The van der Waals surface area contributed by atoms with Crippen molar-refractivity contribution >= 4 is 39.5 Å². The van der Waals surface area contributed by atoms with Gasteiger partial charge in [0, 0.05) is 25.7 Å². The Morgan fingerprint density at radius 2 is 0.491 bits per heavy atom. The van der Waals surface area contributed by atoms with Crippen molar-refractivity contribution < 1.29 is 80.2 Å². The highest BCUT2D eigenvalue weighted by atomic mass is 31.2. The number of aliphatic hydroxyl groups is 1. The molecule has 0 heterocycles. The van der Waals surface area contributed by atoms with Crippen LogP contribution in [-0.4, -0.2) is 96.7 Å². The summed E-state index contributed by atoms with van der Waals surface area (Å²) >= 11 is 0. The number of rotatable bonds is 75. The highest BCUT2D eigenvalue weighted by molar-refractivity contribution is 7.47. The van der Waals surface area contributed by atoms with Crippen LogP contribution in [0.1, 0.15) is 297 Å². The maximum Gasteiger partial charge on any atom is 0.472 e. The van der Waals surface area contributed by atoms with Gasteiger partial charge >= 0.3 is 39.5 Å². The van der Waals surface area contributed by atoms with Crippen LogP contribution in [0.15, 0.2) is 182 Å². The molecule has 3 N–H and O–H groups in total. The first-order valence-electron chi connectivity index (χ1n) is 41.0. The van der Waals surface area contributed by atoms with E-state index in [0.717, 1.165) is 193 Å². The van der Waals surface area contributed by atoms with Crippen LogP contribution < -0.4 is 0 Å². The Hall–Kier alpha value is -5.84. The number of aliphatic hydroxyl groups excluding tert-OH is 1. The van der Waals surface area contributed by atoms with Crippen molar-refractivity contribution in [3.05, 3.63) is 182 Å². The lowest BCUT2D eigenvalue weighted by Crippen LogP contribution is -2.30. The van der Waals surface area contributed by atoms with Crippen LogP contribution in [0.3, 0.4) is 0 Å². The fourth-order valence-corrected chi connectivity index (χ4v) is 11.8. The number of unbranched alkanes of at least 4 members (excludes halogenated alkanes) is 19. The topological polar surface area (TPSA) is 237 Å². The molecular weight excluding hydrogens is 1400 g/mol. The number of allylic oxidation sites excluding steroid dienone is 30. The van der Waals surface area contributed by atoms with E-state index in [4.69, 9.17) is 37.0 Å². The molecule has 0 spiro atoms. The first kappa shape index (κ1) is 102. The molecule has 0 saturated carbocycles. The summed E-state index contributed by atoms with van der Waals surface area (Å²) in [6, 6.07) is 0. The molecule has 5 unspecified atom stereocenters. The van der Waals surface area contributed by atoms with Crippen molar-refractivity contribution in [1.82, 2.24) is 0 Å². The maximum atomic E-state index is 13.1. The average Bonchev–Trinajstić information content (AvgIpc) is 0.900. The molecule has 0 aliphatic heterocycles. The Balaban J connectivity index is 5.49. The van der Waals surface area contributed by atoms with Crippen LogP contribution in [-0.2, 0) is 65.4 Å². The standard InChI is InChI=1S/C89H144O17P2/c1-5-9-13-17-21-25-29-33-37-40-41-44-47-50-54-58-62-66-70-74-87(92)100-80-85(106-89(94)76-72-68-64-60-56-52-48-43-39-35-31-27-23-19-15-11-7-3)82-104-108(97,98)102-78-83(90)77-101-107(95,96)103-81-84(105-88(93)75-71-67-63-59-55-51-45-36-32-28-24-20-16-12-8-4)79-99-86(91)73-69-65-61-57-53-49-46-42-38-34-30-26-22-18-14-10-6-2/h10-12,14-16,21-28,33-39,41,44-46,48-49,52,60,64,83-85,90H,5-9,13,17-20,29-32,40,42-43,47,50-51,53-59,61-63,65-82H2,1-4H3,(H,95,96)(H,97,98)/b14-10-,15-11-,16-12-,25-21-,26-22-,27-23-,28-24-,37-33-,38-34-,39-35-,44-41-,45-36-,49-46-,52-48-,64-60-. The summed E-state index contributed by atoms with van der Waals surface area (Å²) in [7, 11) is -10.0. The lowest BCUT2D eigenvalue weighted by atomic mass is 10.1. The molecule has 0 rings (SSSR count). The lowest BCUT2D eigenvalue weighted by Gasteiger charge is -2.21. The molecule has 0 aliphatic rings. The van der Waals surface area contributed by atoms with E-state index < -0.39 is 97.5 Å². The average molecular weight is 1550 g/mol. The van der Waals surface area contributed by atoms with Gasteiger partial charge in [-0.15, -0.1) is 0 Å². The molecule has 0 aromatic heterocycles. The summed E-state index contributed by atoms with van der Waals surface area (Å²) in [5.41, 5.74) is 0. The zero-order valence-corrected chi connectivity index (χ0v) is 68.7. The van der Waals surface area contributed by atoms with Crippen LogP contribution in [0.4, 0.5) is 0 Å². The van der Waals surface area contributed by atoms with Crippen molar-refractivity contribution in [3.8, 4) is 0 Å². The maximum absolute atomic E-state index is 13.1. The second kappa shape index (κ2) is 79.3. The molecule has 108 heavy (non-hydrogen) atoms. The summed E-state index contributed by atoms with van der Waals surface area (Å²) in [5, 5.41) is 10.7. The number of hydrogen-bond acceptors (Lipinski definition) is 15. The lowest BCUT2D eigenvalue weighted by molar-refractivity contribution is -0.161. The van der Waals surface area contributed by atoms with Gasteiger partial charge in [0.1, 0.15) is 19.3 Å². The molecule has 0 aliphatic carbocycles. The van der Waals surface area contributed by atoms with Crippen LogP contribution in [0.5, 0.6) is 0 Å². The van der Waals surface area contributed by atoms with E-state index in [1.165, 1.54) is 19.3 Å². The molecule has 0 fully saturated rings. The Bertz CT molecular complexity index is 2760. The number of carbonyl (C=O) groups excluding carboxylic acids is 4. The summed E-state index contributed by atoms with van der Waals surface area (Å²) in [6.45, 7) is 4.37. The van der Waals surface area contributed by atoms with Gasteiger partial charge in [-0.1, -0.05) is 281 Å². The number of phosphoric ester groups is 2. The smallest absolute Gasteiger partial charge is 0.462 e. The molecule has 0 bridgehead atoms. The molecular formula is C89H144O17P2. The molecule has 0 saturated heterocycles. The van der Waals surface area contributed by atoms with Gasteiger partial charge < -0.3 is 33.8 Å². The van der Waals surface area contributed by atoms with Gasteiger partial charge in [-0.3, -0.25) is 37.3 Å². The zero-order valence-electron chi connectivity index (χ0n) is 66.9. The predicted molar refractivity (Wildman–Crippen MR) is 445 cm³/mol. The SMILES string of the molecule is CC/C=C\C/C=C\C/C=C\C/C=C\C/C=C\CCCC(=O)OC(COC(=O)CCCCCCCC/C=C\C/C=C\C/C=C\CCCCC)COP(=O)(O)OCC(O)COP(=O)(O)OCC(COC(=O)CCCCCC/C=C\C/C=C\C/C=C\C/C=C\CC)OC(=O)CCCCCCC/C=C\C/C=C\C/C=C\CC. The Labute approximate surface area is 654 Å². The van der Waals surface area contributed by atoms with Gasteiger partial charge in [-0.05, 0) is 173 Å². The zero-order chi connectivity index (χ0) is 78.9. The largest absolute Gasteiger partial charge is 0.472 e. The quantitative estimate of drug-likeness (QED) is 0.0169. The second-order valence-electron chi connectivity index (χ2n) is 26.6. The fraction of sp³-hybridized carbons (Fsp3) is 0.618. The van der Waals surface area contributed by atoms with Crippen LogP contribution >= 0.6 is 15.6 Å². The molecule has 17 nitrogen and oxygen atoms in total. The molecule has 612 valence electrons. The monoisotopic (exact) mass is 1550 g/mol. The van der Waals surface area contributed by atoms with E-state index in [1.54, 1.807) is 0 Å². The minimum absolute atomic E-state index is 0.00620. The van der Waals surface area contributed by atoms with E-state index in [0.29, 0.717) is 32.1 Å². The van der Waals surface area contributed by atoms with Crippen molar-refractivity contribution in [1.29, 1.82) is 0 Å². The molecule has 19 heteroatoms. The number of ether oxygens (including phenoxy) is 4. The number of carbonyl (C=O) groups is 4. The van der Waals surface area contributed by atoms with Crippen molar-refractivity contribution in [2.75, 3.05) is 39.6 Å². The van der Waals surface area contributed by atoms with Crippen molar-refractivity contribution in [3.63, 3.8) is 0 Å². The van der Waals surface area contributed by atoms with Gasteiger partial charge in [-0.2, -0.15) is 0 Å². The van der Waals surface area contributed by atoms with E-state index in [9.17, 15) is 43.2 Å². The molecule has 0 radical (unpaired) electrons. The van der Waals surface area contributed by atoms with Crippen LogP contribution in [0.25, 0.3) is 0 Å².